The van der Waals surface area contributed by atoms with Crippen LogP contribution in [0.1, 0.15) is 12.0 Å². The van der Waals surface area contributed by atoms with Crippen molar-refractivity contribution in [3.05, 3.63) is 34.9 Å². The Kier molecular flexibility index (Phi) is 6.08. The molecule has 0 aliphatic rings. The van der Waals surface area contributed by atoms with Crippen LogP contribution in [0.4, 0.5) is 0 Å². The fraction of sp³-hybridized carbons (Fsp3) is 0.500. The minimum absolute atomic E-state index is 0.00780. The lowest BCUT2D eigenvalue weighted by Crippen LogP contribution is -2.28. The number of benzene rings is 1. The molecule has 0 bridgehead atoms. The molecular formula is C12H19ClN2O2S. The molecule has 0 unspecified atom stereocenters. The van der Waals surface area contributed by atoms with Crippen molar-refractivity contribution in [1.82, 2.24) is 9.62 Å². The van der Waals surface area contributed by atoms with Gasteiger partial charge in [-0.05, 0) is 44.8 Å². The van der Waals surface area contributed by atoms with Crippen molar-refractivity contribution >= 4 is 21.6 Å². The highest BCUT2D eigenvalue weighted by Gasteiger charge is 2.10. The minimum Gasteiger partial charge on any atom is -0.309 e. The molecule has 1 rings (SSSR count). The monoisotopic (exact) mass is 290 g/mol. The molecule has 18 heavy (non-hydrogen) atoms. The van der Waals surface area contributed by atoms with E-state index >= 15 is 0 Å². The fourth-order valence-electron chi connectivity index (χ4n) is 1.47. The molecule has 0 atom stereocenters. The fourth-order valence-corrected chi connectivity index (χ4v) is 2.79. The summed E-state index contributed by atoms with van der Waals surface area (Å²) in [5.74, 6) is -0.00780. The molecule has 1 aromatic rings. The first-order valence-electron chi connectivity index (χ1n) is 5.75. The van der Waals surface area contributed by atoms with E-state index in [0.717, 1.165) is 18.5 Å². The molecule has 102 valence electrons. The molecule has 0 spiro atoms. The minimum atomic E-state index is -3.26. The van der Waals surface area contributed by atoms with Gasteiger partial charge in [-0.3, -0.25) is 0 Å². The Morgan fingerprint density at radius 1 is 1.22 bits per heavy atom. The summed E-state index contributed by atoms with van der Waals surface area (Å²) >= 11 is 5.75. The van der Waals surface area contributed by atoms with Gasteiger partial charge in [0.2, 0.25) is 10.0 Å². The molecule has 0 heterocycles. The van der Waals surface area contributed by atoms with Crippen LogP contribution in [0.2, 0.25) is 5.02 Å². The van der Waals surface area contributed by atoms with Gasteiger partial charge in [0.25, 0.3) is 0 Å². The Morgan fingerprint density at radius 2 is 1.83 bits per heavy atom. The van der Waals surface area contributed by atoms with Crippen LogP contribution in [0.3, 0.4) is 0 Å². The summed E-state index contributed by atoms with van der Waals surface area (Å²) < 4.78 is 26.1. The zero-order chi connectivity index (χ0) is 13.6. The second-order valence-corrected chi connectivity index (χ2v) is 6.68. The number of hydrogen-bond donors (Lipinski definition) is 1. The maximum absolute atomic E-state index is 11.8. The first-order chi connectivity index (χ1) is 8.39. The van der Waals surface area contributed by atoms with Crippen LogP contribution in [-0.4, -0.2) is 40.5 Å². The number of rotatable bonds is 7. The highest BCUT2D eigenvalue weighted by Crippen LogP contribution is 2.11. The van der Waals surface area contributed by atoms with E-state index < -0.39 is 10.0 Å². The van der Waals surface area contributed by atoms with Gasteiger partial charge >= 0.3 is 0 Å². The van der Waals surface area contributed by atoms with Crippen LogP contribution < -0.4 is 4.72 Å². The van der Waals surface area contributed by atoms with Crippen LogP contribution in [-0.2, 0) is 15.8 Å². The van der Waals surface area contributed by atoms with Crippen LogP contribution in [0.25, 0.3) is 0 Å². The van der Waals surface area contributed by atoms with Crippen molar-refractivity contribution in [3.8, 4) is 0 Å². The molecule has 1 aromatic carbocycles. The third kappa shape index (κ3) is 6.35. The van der Waals surface area contributed by atoms with Crippen LogP contribution in [0.15, 0.2) is 24.3 Å². The average molecular weight is 291 g/mol. The van der Waals surface area contributed by atoms with E-state index in [1.165, 1.54) is 0 Å². The standard InChI is InChI=1S/C12H19ClN2O2S/c1-15(2)9-3-8-14-18(16,17)10-11-4-6-12(13)7-5-11/h4-7,14H,3,8-10H2,1-2H3. The molecule has 0 aliphatic carbocycles. The molecule has 0 saturated carbocycles. The van der Waals surface area contributed by atoms with Crippen molar-refractivity contribution in [2.45, 2.75) is 12.2 Å². The predicted molar refractivity (Wildman–Crippen MR) is 75.2 cm³/mol. The molecule has 0 radical (unpaired) electrons. The van der Waals surface area contributed by atoms with Gasteiger partial charge in [-0.15, -0.1) is 0 Å². The molecule has 0 aromatic heterocycles. The van der Waals surface area contributed by atoms with Crippen molar-refractivity contribution in [1.29, 1.82) is 0 Å². The summed E-state index contributed by atoms with van der Waals surface area (Å²) in [5.41, 5.74) is 0.736. The zero-order valence-corrected chi connectivity index (χ0v) is 12.3. The maximum Gasteiger partial charge on any atom is 0.215 e. The lowest BCUT2D eigenvalue weighted by molar-refractivity contribution is 0.400. The first-order valence-corrected chi connectivity index (χ1v) is 7.78. The average Bonchev–Trinajstić information content (AvgIpc) is 2.27. The van der Waals surface area contributed by atoms with Gasteiger partial charge in [0.1, 0.15) is 0 Å². The number of halogens is 1. The van der Waals surface area contributed by atoms with E-state index in [9.17, 15) is 8.42 Å². The van der Waals surface area contributed by atoms with Gasteiger partial charge in [0, 0.05) is 11.6 Å². The lowest BCUT2D eigenvalue weighted by Gasteiger charge is -2.10. The highest BCUT2D eigenvalue weighted by molar-refractivity contribution is 7.88. The summed E-state index contributed by atoms with van der Waals surface area (Å²) in [6.07, 6.45) is 0.798. The van der Waals surface area contributed by atoms with Gasteiger partial charge in [0.05, 0.1) is 5.75 Å². The summed E-state index contributed by atoms with van der Waals surface area (Å²) in [5, 5.41) is 0.607. The smallest absolute Gasteiger partial charge is 0.215 e. The molecule has 4 nitrogen and oxygen atoms in total. The normalized spacial score (nSPS) is 12.0. The first kappa shape index (κ1) is 15.4. The predicted octanol–water partition coefficient (Wildman–Crippen LogP) is 1.71. The Labute approximate surface area is 114 Å². The summed E-state index contributed by atoms with van der Waals surface area (Å²) in [4.78, 5) is 2.02. The molecule has 1 N–H and O–H groups in total. The van der Waals surface area contributed by atoms with Crippen molar-refractivity contribution in [2.24, 2.45) is 0 Å². The molecule has 0 aliphatic heterocycles. The second kappa shape index (κ2) is 7.09. The van der Waals surface area contributed by atoms with E-state index in [1.54, 1.807) is 24.3 Å². The van der Waals surface area contributed by atoms with Crippen molar-refractivity contribution < 1.29 is 8.42 Å². The van der Waals surface area contributed by atoms with Crippen molar-refractivity contribution in [2.75, 3.05) is 27.2 Å². The van der Waals surface area contributed by atoms with Gasteiger partial charge in [-0.2, -0.15) is 0 Å². The molecule has 0 saturated heterocycles. The molecule has 0 fully saturated rings. The Bertz CT molecular complexity index is 457. The second-order valence-electron chi connectivity index (χ2n) is 4.44. The largest absolute Gasteiger partial charge is 0.309 e. The third-order valence-electron chi connectivity index (χ3n) is 2.37. The van der Waals surface area contributed by atoms with Gasteiger partial charge in [-0.25, -0.2) is 13.1 Å². The SMILES string of the molecule is CN(C)CCCNS(=O)(=O)Cc1ccc(Cl)cc1. The van der Waals surface area contributed by atoms with E-state index in [2.05, 4.69) is 4.72 Å². The highest BCUT2D eigenvalue weighted by atomic mass is 35.5. The van der Waals surface area contributed by atoms with E-state index in [0.29, 0.717) is 11.6 Å². The van der Waals surface area contributed by atoms with Gasteiger partial charge in [-0.1, -0.05) is 23.7 Å². The van der Waals surface area contributed by atoms with E-state index in [4.69, 9.17) is 11.6 Å². The van der Waals surface area contributed by atoms with E-state index in [1.807, 2.05) is 19.0 Å². The summed E-state index contributed by atoms with van der Waals surface area (Å²) in [6, 6.07) is 6.83. The van der Waals surface area contributed by atoms with Crippen LogP contribution in [0, 0.1) is 0 Å². The Morgan fingerprint density at radius 3 is 2.39 bits per heavy atom. The van der Waals surface area contributed by atoms with Gasteiger partial charge in [0.15, 0.2) is 0 Å². The molecule has 0 amide bonds. The van der Waals surface area contributed by atoms with E-state index in [-0.39, 0.29) is 5.75 Å². The maximum atomic E-state index is 11.8. The quantitative estimate of drug-likeness (QED) is 0.778. The summed E-state index contributed by atoms with van der Waals surface area (Å²) in [6.45, 7) is 1.33. The molecule has 6 heteroatoms. The van der Waals surface area contributed by atoms with Crippen LogP contribution >= 0.6 is 11.6 Å². The Hall–Kier alpha value is -0.620. The van der Waals surface area contributed by atoms with Crippen LogP contribution in [0.5, 0.6) is 0 Å². The third-order valence-corrected chi connectivity index (χ3v) is 3.98. The zero-order valence-electron chi connectivity index (χ0n) is 10.7. The summed E-state index contributed by atoms with van der Waals surface area (Å²) in [7, 11) is 0.664. The lowest BCUT2D eigenvalue weighted by atomic mass is 10.2. The number of nitrogens with one attached hydrogen (secondary N) is 1. The number of nitrogens with zero attached hydrogens (tertiary/aromatic N) is 1. The number of hydrogen-bond acceptors (Lipinski definition) is 3. The Balaban J connectivity index is 2.42. The molecular weight excluding hydrogens is 272 g/mol. The van der Waals surface area contributed by atoms with Crippen molar-refractivity contribution in [3.63, 3.8) is 0 Å². The topological polar surface area (TPSA) is 49.4 Å². The number of sulfonamides is 1. The van der Waals surface area contributed by atoms with Gasteiger partial charge < -0.3 is 4.90 Å².